The van der Waals surface area contributed by atoms with E-state index in [9.17, 15) is 4.79 Å². The van der Waals surface area contributed by atoms with Gasteiger partial charge in [0.15, 0.2) is 5.96 Å². The summed E-state index contributed by atoms with van der Waals surface area (Å²) in [4.78, 5) is 21.4. The lowest BCUT2D eigenvalue weighted by atomic mass is 10.2. The summed E-state index contributed by atoms with van der Waals surface area (Å²) in [6.45, 7) is 11.4. The summed E-state index contributed by atoms with van der Waals surface area (Å²) in [6, 6.07) is 0. The van der Waals surface area contributed by atoms with Crippen molar-refractivity contribution in [2.75, 3.05) is 26.7 Å². The Hall–Kier alpha value is -1.10. The maximum Gasteiger partial charge on any atom is 0.407 e. The lowest BCUT2D eigenvalue weighted by Gasteiger charge is -2.19. The summed E-state index contributed by atoms with van der Waals surface area (Å²) >= 11 is 1.73. The first-order valence-electron chi connectivity index (χ1n) is 8.05. The van der Waals surface area contributed by atoms with Crippen LogP contribution in [0.2, 0.25) is 0 Å². The fourth-order valence-electron chi connectivity index (χ4n) is 1.81. The molecule has 0 aliphatic heterocycles. The molecule has 9 heteroatoms. The highest BCUT2D eigenvalue weighted by Crippen LogP contribution is 2.16. The number of alkyl carbamates (subject to hydrolysis) is 1. The van der Waals surface area contributed by atoms with Crippen LogP contribution in [-0.2, 0) is 11.2 Å². The number of thiazole rings is 1. The number of aliphatic imine (C=N–C) groups is 1. The largest absolute Gasteiger partial charge is 0.444 e. The van der Waals surface area contributed by atoms with Crippen LogP contribution in [0.15, 0.2) is 4.99 Å². The number of nitrogens with zero attached hydrogens (tertiary/aromatic N) is 2. The van der Waals surface area contributed by atoms with Crippen molar-refractivity contribution in [3.05, 3.63) is 15.6 Å². The molecule has 1 rings (SSSR count). The van der Waals surface area contributed by atoms with Gasteiger partial charge in [-0.25, -0.2) is 9.78 Å². The Labute approximate surface area is 171 Å². The Morgan fingerprint density at radius 3 is 2.28 bits per heavy atom. The number of guanidine groups is 1. The molecule has 0 fully saturated rings. The van der Waals surface area contributed by atoms with Crippen LogP contribution in [0, 0.1) is 13.8 Å². The van der Waals surface area contributed by atoms with Gasteiger partial charge in [0.05, 0.1) is 10.7 Å². The number of nitrogens with one attached hydrogen (secondary N) is 3. The molecule has 0 atom stereocenters. The number of carbonyl (C=O) groups is 1. The topological polar surface area (TPSA) is 87.6 Å². The monoisotopic (exact) mass is 483 g/mol. The second-order valence-electron chi connectivity index (χ2n) is 6.35. The average molecular weight is 483 g/mol. The number of aryl methyl sites for hydroxylation is 2. The van der Waals surface area contributed by atoms with Crippen LogP contribution in [0.25, 0.3) is 0 Å². The van der Waals surface area contributed by atoms with E-state index >= 15 is 0 Å². The molecule has 0 unspecified atom stereocenters. The summed E-state index contributed by atoms with van der Waals surface area (Å²) in [5.74, 6) is 0.700. The van der Waals surface area contributed by atoms with Gasteiger partial charge in [0.1, 0.15) is 5.60 Å². The number of ether oxygens (including phenoxy) is 1. The molecule has 1 heterocycles. The Balaban J connectivity index is 0.00000576. The van der Waals surface area contributed by atoms with Crippen molar-refractivity contribution in [1.82, 2.24) is 20.9 Å². The maximum absolute atomic E-state index is 11.5. The lowest BCUT2D eigenvalue weighted by Crippen LogP contribution is -2.42. The number of hydrogen-bond donors (Lipinski definition) is 3. The summed E-state index contributed by atoms with van der Waals surface area (Å²) in [5.41, 5.74) is 0.618. The van der Waals surface area contributed by atoms with Crippen molar-refractivity contribution in [2.24, 2.45) is 4.99 Å². The highest BCUT2D eigenvalue weighted by atomic mass is 127. The van der Waals surface area contributed by atoms with Crippen molar-refractivity contribution in [2.45, 2.75) is 46.6 Å². The van der Waals surface area contributed by atoms with Gasteiger partial charge in [-0.2, -0.15) is 0 Å². The molecule has 3 N–H and O–H groups in total. The Bertz CT molecular complexity index is 550. The number of hydrogen-bond acceptors (Lipinski definition) is 5. The van der Waals surface area contributed by atoms with Crippen LogP contribution in [0.1, 0.15) is 36.3 Å². The third-order valence-electron chi connectivity index (χ3n) is 3.01. The van der Waals surface area contributed by atoms with E-state index in [1.54, 1.807) is 18.4 Å². The predicted molar refractivity (Wildman–Crippen MR) is 114 cm³/mol. The van der Waals surface area contributed by atoms with E-state index < -0.39 is 11.7 Å². The van der Waals surface area contributed by atoms with E-state index in [4.69, 9.17) is 4.74 Å². The minimum Gasteiger partial charge on any atom is -0.444 e. The van der Waals surface area contributed by atoms with E-state index in [1.165, 1.54) is 4.88 Å². The molecule has 1 aromatic heterocycles. The fraction of sp³-hybridized carbons (Fsp3) is 0.688. The first-order valence-corrected chi connectivity index (χ1v) is 8.87. The Morgan fingerprint density at radius 1 is 1.16 bits per heavy atom. The second-order valence-corrected chi connectivity index (χ2v) is 7.64. The van der Waals surface area contributed by atoms with Crippen LogP contribution in [0.5, 0.6) is 0 Å². The van der Waals surface area contributed by atoms with Crippen LogP contribution in [-0.4, -0.2) is 49.3 Å². The highest BCUT2D eigenvalue weighted by Gasteiger charge is 2.15. The molecule has 7 nitrogen and oxygen atoms in total. The van der Waals surface area contributed by atoms with E-state index in [1.807, 2.05) is 27.7 Å². The van der Waals surface area contributed by atoms with Crippen molar-refractivity contribution in [1.29, 1.82) is 0 Å². The average Bonchev–Trinajstić information content (AvgIpc) is 2.78. The highest BCUT2D eigenvalue weighted by molar-refractivity contribution is 14.0. The van der Waals surface area contributed by atoms with Crippen molar-refractivity contribution < 1.29 is 9.53 Å². The predicted octanol–water partition coefficient (Wildman–Crippen LogP) is 2.61. The Morgan fingerprint density at radius 2 is 1.76 bits per heavy atom. The van der Waals surface area contributed by atoms with Gasteiger partial charge in [-0.3, -0.25) is 4.99 Å². The minimum atomic E-state index is -0.484. The van der Waals surface area contributed by atoms with Gasteiger partial charge in [-0.15, -0.1) is 35.3 Å². The first-order chi connectivity index (χ1) is 11.2. The molecule has 0 aliphatic carbocycles. The molecular formula is C16H30IN5O2S. The summed E-state index contributed by atoms with van der Waals surface area (Å²) in [6.07, 6.45) is 0.442. The minimum absolute atomic E-state index is 0. The summed E-state index contributed by atoms with van der Waals surface area (Å²) < 4.78 is 5.17. The van der Waals surface area contributed by atoms with Gasteiger partial charge in [-0.1, -0.05) is 0 Å². The fourth-order valence-corrected chi connectivity index (χ4v) is 2.75. The van der Waals surface area contributed by atoms with Gasteiger partial charge < -0.3 is 20.7 Å². The van der Waals surface area contributed by atoms with Gasteiger partial charge in [0.25, 0.3) is 0 Å². The van der Waals surface area contributed by atoms with Crippen LogP contribution in [0.4, 0.5) is 4.79 Å². The molecule has 144 valence electrons. The standard InChI is InChI=1S/C16H29N5O2S.HI/c1-11-12(2)24-13(21-11)7-8-18-14(17-6)19-9-10-20-15(22)23-16(3,4)5;/h7-10H2,1-6H3,(H,20,22)(H2,17,18,19);1H. The number of rotatable bonds is 6. The molecule has 0 aliphatic rings. The molecule has 25 heavy (non-hydrogen) atoms. The third kappa shape index (κ3) is 10.5. The molecule has 0 radical (unpaired) electrons. The molecule has 0 aromatic carbocycles. The first kappa shape index (κ1) is 23.9. The third-order valence-corrected chi connectivity index (χ3v) is 4.15. The number of carbonyl (C=O) groups excluding carboxylic acids is 1. The van der Waals surface area contributed by atoms with Gasteiger partial charge in [0.2, 0.25) is 0 Å². The molecule has 0 saturated heterocycles. The van der Waals surface area contributed by atoms with Crippen molar-refractivity contribution >= 4 is 47.4 Å². The molecule has 1 amide bonds. The maximum atomic E-state index is 11.5. The van der Waals surface area contributed by atoms with Gasteiger partial charge in [0, 0.05) is 38.0 Å². The molecule has 0 bridgehead atoms. The van der Waals surface area contributed by atoms with Crippen molar-refractivity contribution in [3.8, 4) is 0 Å². The molecule has 1 aromatic rings. The number of aromatic nitrogens is 1. The molecule has 0 saturated carbocycles. The summed E-state index contributed by atoms with van der Waals surface area (Å²) in [7, 11) is 1.72. The zero-order valence-electron chi connectivity index (χ0n) is 15.9. The smallest absolute Gasteiger partial charge is 0.407 e. The van der Waals surface area contributed by atoms with Crippen LogP contribution in [0.3, 0.4) is 0 Å². The van der Waals surface area contributed by atoms with E-state index in [2.05, 4.69) is 32.9 Å². The zero-order chi connectivity index (χ0) is 18.2. The lowest BCUT2D eigenvalue weighted by molar-refractivity contribution is 0.0529. The molecular weight excluding hydrogens is 453 g/mol. The number of amides is 1. The normalized spacial score (nSPS) is 11.5. The molecule has 0 spiro atoms. The second kappa shape index (κ2) is 11.5. The van der Waals surface area contributed by atoms with Crippen LogP contribution >= 0.6 is 35.3 Å². The zero-order valence-corrected chi connectivity index (χ0v) is 19.0. The van der Waals surface area contributed by atoms with E-state index in [0.717, 1.165) is 23.7 Å². The van der Waals surface area contributed by atoms with Gasteiger partial charge in [-0.05, 0) is 34.6 Å². The summed E-state index contributed by atoms with van der Waals surface area (Å²) in [5, 5.41) is 10.2. The van der Waals surface area contributed by atoms with E-state index in [0.29, 0.717) is 19.0 Å². The van der Waals surface area contributed by atoms with Crippen LogP contribution < -0.4 is 16.0 Å². The quantitative estimate of drug-likeness (QED) is 0.251. The Kier molecular flexibility index (Phi) is 11.0. The number of halogens is 1. The van der Waals surface area contributed by atoms with E-state index in [-0.39, 0.29) is 24.0 Å². The SMILES string of the molecule is CN=C(NCCNC(=O)OC(C)(C)C)NCCc1nc(C)c(C)s1.I. The van der Waals surface area contributed by atoms with Gasteiger partial charge >= 0.3 is 6.09 Å². The van der Waals surface area contributed by atoms with Crippen molar-refractivity contribution in [3.63, 3.8) is 0 Å².